The molecule has 2 saturated heterocycles. The number of benzene rings is 1. The van der Waals surface area contributed by atoms with Crippen LogP contribution >= 0.6 is 0 Å². The van der Waals surface area contributed by atoms with Crippen LogP contribution in [0.2, 0.25) is 0 Å². The molecule has 2 fully saturated rings. The van der Waals surface area contributed by atoms with E-state index < -0.39 is 31.7 Å². The fraction of sp³-hybridized carbons (Fsp3) is 0.650. The summed E-state index contributed by atoms with van der Waals surface area (Å²) in [5.74, 6) is -0.909. The molecule has 2 aliphatic heterocycles. The minimum atomic E-state index is -3.67. The van der Waals surface area contributed by atoms with Crippen LogP contribution < -0.4 is 10.2 Å². The van der Waals surface area contributed by atoms with Crippen LogP contribution in [0.4, 0.5) is 5.69 Å². The van der Waals surface area contributed by atoms with Crippen molar-refractivity contribution in [1.29, 1.82) is 0 Å². The normalized spacial score (nSPS) is 20.0. The van der Waals surface area contributed by atoms with Gasteiger partial charge in [-0.25, -0.2) is 21.1 Å². The zero-order valence-electron chi connectivity index (χ0n) is 18.2. The van der Waals surface area contributed by atoms with Crippen LogP contribution in [0.1, 0.15) is 18.4 Å². The average Bonchev–Trinajstić information content (AvgIpc) is 2.72. The van der Waals surface area contributed by atoms with E-state index in [2.05, 4.69) is 16.3 Å². The molecule has 2 aliphatic rings. The SMILES string of the molecule is Cc1cccc(N2CCN(S(=O)(=O)CC(=O)NCC3CCN(S(C)(=O)=O)CC3)CC2)c1. The largest absolute Gasteiger partial charge is 0.369 e. The summed E-state index contributed by atoms with van der Waals surface area (Å²) in [6.45, 7) is 5.14. The highest BCUT2D eigenvalue weighted by Gasteiger charge is 2.30. The second-order valence-corrected chi connectivity index (χ2v) is 12.3. The van der Waals surface area contributed by atoms with Crippen molar-refractivity contribution in [1.82, 2.24) is 13.9 Å². The molecular formula is C20H32N4O5S2. The molecule has 0 spiro atoms. The summed E-state index contributed by atoms with van der Waals surface area (Å²) in [7, 11) is -6.85. The van der Waals surface area contributed by atoms with Crippen LogP contribution in [0.3, 0.4) is 0 Å². The summed E-state index contributed by atoms with van der Waals surface area (Å²) in [6, 6.07) is 8.12. The number of carbonyl (C=O) groups excluding carboxylic acids is 1. The molecule has 0 bridgehead atoms. The van der Waals surface area contributed by atoms with E-state index in [1.165, 1.54) is 14.9 Å². The molecule has 1 N–H and O–H groups in total. The van der Waals surface area contributed by atoms with Gasteiger partial charge < -0.3 is 10.2 Å². The first-order valence-electron chi connectivity index (χ1n) is 10.6. The molecule has 11 heteroatoms. The lowest BCUT2D eigenvalue weighted by Gasteiger charge is -2.35. The molecule has 0 aromatic heterocycles. The van der Waals surface area contributed by atoms with Crippen molar-refractivity contribution >= 4 is 31.6 Å². The van der Waals surface area contributed by atoms with Gasteiger partial charge in [-0.15, -0.1) is 0 Å². The molecule has 2 heterocycles. The van der Waals surface area contributed by atoms with Crippen LogP contribution in [0.5, 0.6) is 0 Å². The van der Waals surface area contributed by atoms with Gasteiger partial charge in [0, 0.05) is 51.5 Å². The molecule has 9 nitrogen and oxygen atoms in total. The summed E-state index contributed by atoms with van der Waals surface area (Å²) < 4.78 is 51.3. The van der Waals surface area contributed by atoms with Gasteiger partial charge in [0.2, 0.25) is 26.0 Å². The highest BCUT2D eigenvalue weighted by molar-refractivity contribution is 7.89. The Kier molecular flexibility index (Phi) is 7.61. The van der Waals surface area contributed by atoms with Gasteiger partial charge in [-0.3, -0.25) is 4.79 Å². The second-order valence-electron chi connectivity index (χ2n) is 8.39. The van der Waals surface area contributed by atoms with E-state index in [0.29, 0.717) is 58.7 Å². The van der Waals surface area contributed by atoms with Crippen LogP contribution in [-0.2, 0) is 24.8 Å². The van der Waals surface area contributed by atoms with E-state index in [0.717, 1.165) is 11.3 Å². The lowest BCUT2D eigenvalue weighted by molar-refractivity contribution is -0.118. The summed E-state index contributed by atoms with van der Waals surface area (Å²) >= 11 is 0. The maximum atomic E-state index is 12.7. The Hall–Kier alpha value is -1.69. The molecule has 0 atom stereocenters. The van der Waals surface area contributed by atoms with Gasteiger partial charge in [0.1, 0.15) is 5.75 Å². The minimum Gasteiger partial charge on any atom is -0.369 e. The van der Waals surface area contributed by atoms with Crippen LogP contribution in [0, 0.1) is 12.8 Å². The van der Waals surface area contributed by atoms with Crippen molar-refractivity contribution in [3.05, 3.63) is 29.8 Å². The van der Waals surface area contributed by atoms with E-state index in [1.54, 1.807) is 0 Å². The number of sulfonamides is 2. The maximum absolute atomic E-state index is 12.7. The van der Waals surface area contributed by atoms with Crippen LogP contribution in [0.25, 0.3) is 0 Å². The fourth-order valence-corrected chi connectivity index (χ4v) is 6.27. The summed E-state index contributed by atoms with van der Waals surface area (Å²) in [5, 5.41) is 2.72. The average molecular weight is 473 g/mol. The quantitative estimate of drug-likeness (QED) is 0.609. The zero-order chi connectivity index (χ0) is 22.6. The highest BCUT2D eigenvalue weighted by atomic mass is 32.2. The molecule has 31 heavy (non-hydrogen) atoms. The van der Waals surface area contributed by atoms with Crippen LogP contribution in [0.15, 0.2) is 24.3 Å². The van der Waals surface area contributed by atoms with Crippen LogP contribution in [-0.4, -0.2) is 89.2 Å². The lowest BCUT2D eigenvalue weighted by atomic mass is 9.98. The van der Waals surface area contributed by atoms with Crippen molar-refractivity contribution in [2.24, 2.45) is 5.92 Å². The summed E-state index contributed by atoms with van der Waals surface area (Å²) in [4.78, 5) is 14.4. The molecule has 0 unspecified atom stereocenters. The Labute approximate surface area is 185 Å². The first kappa shape index (κ1) is 24.0. The number of piperazine rings is 1. The number of nitrogens with one attached hydrogen (secondary N) is 1. The van der Waals surface area contributed by atoms with Crippen molar-refractivity contribution in [3.8, 4) is 0 Å². The van der Waals surface area contributed by atoms with E-state index >= 15 is 0 Å². The first-order chi connectivity index (χ1) is 14.5. The maximum Gasteiger partial charge on any atom is 0.236 e. The van der Waals surface area contributed by atoms with E-state index in [-0.39, 0.29) is 5.92 Å². The first-order valence-corrected chi connectivity index (χ1v) is 14.0. The minimum absolute atomic E-state index is 0.155. The van der Waals surface area contributed by atoms with Gasteiger partial charge in [0.25, 0.3) is 0 Å². The molecule has 0 aliphatic carbocycles. The van der Waals surface area contributed by atoms with Crippen molar-refractivity contribution < 1.29 is 21.6 Å². The Morgan fingerprint density at radius 2 is 1.65 bits per heavy atom. The fourth-order valence-electron chi connectivity index (χ4n) is 4.06. The molecule has 174 valence electrons. The number of nitrogens with zero attached hydrogens (tertiary/aromatic N) is 3. The molecule has 1 amide bonds. The number of rotatable bonds is 7. The highest BCUT2D eigenvalue weighted by Crippen LogP contribution is 2.20. The second kappa shape index (κ2) is 9.85. The van der Waals surface area contributed by atoms with E-state index in [1.807, 2.05) is 25.1 Å². The third-order valence-electron chi connectivity index (χ3n) is 5.94. The number of amides is 1. The van der Waals surface area contributed by atoms with Gasteiger partial charge in [0.05, 0.1) is 6.26 Å². The lowest BCUT2D eigenvalue weighted by Crippen LogP contribution is -2.51. The molecular weight excluding hydrogens is 440 g/mol. The summed E-state index contributed by atoms with van der Waals surface area (Å²) in [5.41, 5.74) is 2.24. The van der Waals surface area contributed by atoms with Gasteiger partial charge in [0.15, 0.2) is 0 Å². The van der Waals surface area contributed by atoms with Gasteiger partial charge >= 0.3 is 0 Å². The van der Waals surface area contributed by atoms with Crippen molar-refractivity contribution in [2.75, 3.05) is 62.7 Å². The predicted octanol–water partition coefficient (Wildman–Crippen LogP) is 0.235. The van der Waals surface area contributed by atoms with E-state index in [4.69, 9.17) is 0 Å². The molecule has 1 aromatic rings. The Morgan fingerprint density at radius 1 is 1.00 bits per heavy atom. The standard InChI is InChI=1S/C20H32N4O5S2/c1-17-4-3-5-19(14-17)22-10-12-24(13-11-22)31(28,29)16-20(25)21-15-18-6-8-23(9-7-18)30(2,26)27/h3-5,14,18H,6-13,15-16H2,1-2H3,(H,21,25). The Bertz CT molecular complexity index is 981. The predicted molar refractivity (Wildman–Crippen MR) is 121 cm³/mol. The molecule has 3 rings (SSSR count). The number of carbonyl (C=O) groups is 1. The monoisotopic (exact) mass is 472 g/mol. The third kappa shape index (κ3) is 6.64. The third-order valence-corrected chi connectivity index (χ3v) is 9.02. The number of hydrogen-bond donors (Lipinski definition) is 1. The van der Waals surface area contributed by atoms with Crippen molar-refractivity contribution in [3.63, 3.8) is 0 Å². The smallest absolute Gasteiger partial charge is 0.236 e. The number of anilines is 1. The van der Waals surface area contributed by atoms with Gasteiger partial charge in [-0.05, 0) is 43.4 Å². The van der Waals surface area contributed by atoms with Gasteiger partial charge in [-0.2, -0.15) is 4.31 Å². The number of hydrogen-bond acceptors (Lipinski definition) is 6. The van der Waals surface area contributed by atoms with Crippen molar-refractivity contribution in [2.45, 2.75) is 19.8 Å². The topological polar surface area (TPSA) is 107 Å². The molecule has 1 aromatic carbocycles. The zero-order valence-corrected chi connectivity index (χ0v) is 19.8. The number of aryl methyl sites for hydroxylation is 1. The Morgan fingerprint density at radius 3 is 2.23 bits per heavy atom. The Balaban J connectivity index is 1.43. The van der Waals surface area contributed by atoms with E-state index in [9.17, 15) is 21.6 Å². The number of piperidine rings is 1. The summed E-state index contributed by atoms with van der Waals surface area (Å²) in [6.07, 6.45) is 2.50. The van der Waals surface area contributed by atoms with Gasteiger partial charge in [-0.1, -0.05) is 12.1 Å². The molecule has 0 radical (unpaired) electrons. The molecule has 0 saturated carbocycles.